The van der Waals surface area contributed by atoms with Crippen molar-refractivity contribution in [3.63, 3.8) is 0 Å². The minimum Gasteiger partial charge on any atom is -0.488 e. The number of hydrogen-bond acceptors (Lipinski definition) is 3. The first kappa shape index (κ1) is 20.0. The van der Waals surface area contributed by atoms with E-state index in [9.17, 15) is 5.11 Å². The highest BCUT2D eigenvalue weighted by Crippen LogP contribution is 2.16. The number of aliphatic hydroxyl groups is 1. The van der Waals surface area contributed by atoms with Crippen LogP contribution in [0.2, 0.25) is 0 Å². The molecule has 1 rings (SSSR count). The van der Waals surface area contributed by atoms with Gasteiger partial charge in [0.15, 0.2) is 0 Å². The predicted octanol–water partition coefficient (Wildman–Crippen LogP) is 4.97. The standard InChI is InChI=1S/C20H34O3/c1-3-4-5-6-7-8-10-15-20(17-22-16-18(2)21)23-19-13-11-9-12-14-19/h9,11-14,18,20-21H,3-8,10,15-17H2,1-2H3. The van der Waals surface area contributed by atoms with Gasteiger partial charge in [-0.1, -0.05) is 63.6 Å². The van der Waals surface area contributed by atoms with Crippen molar-refractivity contribution < 1.29 is 14.6 Å². The van der Waals surface area contributed by atoms with Crippen LogP contribution in [0.1, 0.15) is 65.2 Å². The van der Waals surface area contributed by atoms with Crippen LogP contribution < -0.4 is 4.74 Å². The normalized spacial score (nSPS) is 13.7. The molecule has 23 heavy (non-hydrogen) atoms. The second-order valence-electron chi connectivity index (χ2n) is 6.35. The van der Waals surface area contributed by atoms with Gasteiger partial charge >= 0.3 is 0 Å². The first-order valence-corrected chi connectivity index (χ1v) is 9.20. The van der Waals surface area contributed by atoms with Crippen molar-refractivity contribution >= 4 is 0 Å². The van der Waals surface area contributed by atoms with E-state index in [2.05, 4.69) is 6.92 Å². The lowest BCUT2D eigenvalue weighted by Crippen LogP contribution is -2.25. The second-order valence-corrected chi connectivity index (χ2v) is 6.35. The highest BCUT2D eigenvalue weighted by molar-refractivity contribution is 5.21. The van der Waals surface area contributed by atoms with Crippen LogP contribution in [0.25, 0.3) is 0 Å². The number of unbranched alkanes of at least 4 members (excludes halogenated alkanes) is 6. The molecule has 1 aromatic rings. The van der Waals surface area contributed by atoms with Gasteiger partial charge in [-0.25, -0.2) is 0 Å². The maximum atomic E-state index is 9.31. The summed E-state index contributed by atoms with van der Waals surface area (Å²) in [5.41, 5.74) is 0. The summed E-state index contributed by atoms with van der Waals surface area (Å²) in [4.78, 5) is 0. The molecule has 2 atom stereocenters. The molecular formula is C20H34O3. The molecule has 132 valence electrons. The number of para-hydroxylation sites is 1. The molecule has 0 radical (unpaired) electrons. The van der Waals surface area contributed by atoms with Gasteiger partial charge in [-0.2, -0.15) is 0 Å². The summed E-state index contributed by atoms with van der Waals surface area (Å²) >= 11 is 0. The van der Waals surface area contributed by atoms with Gasteiger partial charge in [-0.05, 0) is 31.9 Å². The van der Waals surface area contributed by atoms with E-state index in [0.717, 1.165) is 12.2 Å². The molecule has 0 bridgehead atoms. The van der Waals surface area contributed by atoms with Gasteiger partial charge in [0, 0.05) is 0 Å². The van der Waals surface area contributed by atoms with Gasteiger partial charge < -0.3 is 14.6 Å². The molecule has 3 heteroatoms. The molecule has 0 spiro atoms. The molecule has 0 fully saturated rings. The Bertz CT molecular complexity index is 364. The third-order valence-corrected chi connectivity index (χ3v) is 3.84. The lowest BCUT2D eigenvalue weighted by atomic mass is 10.1. The fraction of sp³-hybridized carbons (Fsp3) is 0.700. The Kier molecular flexibility index (Phi) is 11.6. The van der Waals surface area contributed by atoms with E-state index >= 15 is 0 Å². The first-order chi connectivity index (χ1) is 11.2. The molecule has 0 saturated heterocycles. The summed E-state index contributed by atoms with van der Waals surface area (Å²) in [5, 5.41) is 9.31. The summed E-state index contributed by atoms with van der Waals surface area (Å²) in [6.45, 7) is 4.89. The monoisotopic (exact) mass is 322 g/mol. The molecular weight excluding hydrogens is 288 g/mol. The van der Waals surface area contributed by atoms with Gasteiger partial charge in [0.25, 0.3) is 0 Å². The molecule has 3 nitrogen and oxygen atoms in total. The van der Waals surface area contributed by atoms with Crippen LogP contribution in [-0.2, 0) is 4.74 Å². The second kappa shape index (κ2) is 13.4. The number of benzene rings is 1. The summed E-state index contributed by atoms with van der Waals surface area (Å²) < 4.78 is 11.6. The number of rotatable bonds is 14. The van der Waals surface area contributed by atoms with Crippen LogP contribution in [0.5, 0.6) is 5.75 Å². The van der Waals surface area contributed by atoms with Gasteiger partial charge in [0.05, 0.1) is 19.3 Å². The van der Waals surface area contributed by atoms with Gasteiger partial charge in [-0.3, -0.25) is 0 Å². The summed E-state index contributed by atoms with van der Waals surface area (Å²) in [6.07, 6.45) is 9.73. The number of hydrogen-bond donors (Lipinski definition) is 1. The molecule has 0 aromatic heterocycles. The van der Waals surface area contributed by atoms with Crippen LogP contribution in [0.15, 0.2) is 30.3 Å². The molecule has 0 amide bonds. The molecule has 1 N–H and O–H groups in total. The first-order valence-electron chi connectivity index (χ1n) is 9.20. The molecule has 1 aromatic carbocycles. The molecule has 0 saturated carbocycles. The molecule has 0 heterocycles. The largest absolute Gasteiger partial charge is 0.488 e. The fourth-order valence-electron chi connectivity index (χ4n) is 2.57. The van der Waals surface area contributed by atoms with E-state index in [0.29, 0.717) is 13.2 Å². The van der Waals surface area contributed by atoms with Crippen molar-refractivity contribution in [1.82, 2.24) is 0 Å². The van der Waals surface area contributed by atoms with Crippen LogP contribution in [-0.4, -0.2) is 30.5 Å². The Hall–Kier alpha value is -1.06. The number of ether oxygens (including phenoxy) is 2. The average Bonchev–Trinajstić information content (AvgIpc) is 2.54. The van der Waals surface area contributed by atoms with Gasteiger partial charge in [-0.15, -0.1) is 0 Å². The van der Waals surface area contributed by atoms with Crippen molar-refractivity contribution in [2.24, 2.45) is 0 Å². The zero-order chi connectivity index (χ0) is 16.8. The van der Waals surface area contributed by atoms with Crippen LogP contribution >= 0.6 is 0 Å². The third-order valence-electron chi connectivity index (χ3n) is 3.84. The van der Waals surface area contributed by atoms with E-state index < -0.39 is 6.10 Å². The van der Waals surface area contributed by atoms with E-state index in [4.69, 9.17) is 9.47 Å². The van der Waals surface area contributed by atoms with Crippen molar-refractivity contribution in [3.05, 3.63) is 30.3 Å². The van der Waals surface area contributed by atoms with E-state index in [1.165, 1.54) is 44.9 Å². The van der Waals surface area contributed by atoms with E-state index in [-0.39, 0.29) is 6.10 Å². The summed E-state index contributed by atoms with van der Waals surface area (Å²) in [6, 6.07) is 9.91. The van der Waals surface area contributed by atoms with Gasteiger partial charge in [0.1, 0.15) is 11.9 Å². The SMILES string of the molecule is CCCCCCCCCC(COCC(C)O)Oc1ccccc1. The maximum absolute atomic E-state index is 9.31. The zero-order valence-electron chi connectivity index (χ0n) is 14.9. The quantitative estimate of drug-likeness (QED) is 0.491. The van der Waals surface area contributed by atoms with Crippen molar-refractivity contribution in [1.29, 1.82) is 0 Å². The fourth-order valence-corrected chi connectivity index (χ4v) is 2.57. The van der Waals surface area contributed by atoms with Crippen molar-refractivity contribution in [3.8, 4) is 5.75 Å². The van der Waals surface area contributed by atoms with Crippen LogP contribution in [0, 0.1) is 0 Å². The molecule has 2 unspecified atom stereocenters. The summed E-state index contributed by atoms with van der Waals surface area (Å²) in [7, 11) is 0. The Labute approximate surface area is 142 Å². The molecule has 0 aliphatic heterocycles. The Morgan fingerprint density at radius 2 is 1.57 bits per heavy atom. The number of aliphatic hydroxyl groups excluding tert-OH is 1. The Morgan fingerprint density at radius 3 is 2.22 bits per heavy atom. The van der Waals surface area contributed by atoms with E-state index in [1.807, 2.05) is 30.3 Å². The highest BCUT2D eigenvalue weighted by Gasteiger charge is 2.11. The maximum Gasteiger partial charge on any atom is 0.122 e. The smallest absolute Gasteiger partial charge is 0.122 e. The third kappa shape index (κ3) is 11.2. The zero-order valence-corrected chi connectivity index (χ0v) is 14.9. The molecule has 0 aliphatic carbocycles. The van der Waals surface area contributed by atoms with Crippen LogP contribution in [0.3, 0.4) is 0 Å². The van der Waals surface area contributed by atoms with Crippen LogP contribution in [0.4, 0.5) is 0 Å². The Balaban J connectivity index is 2.26. The Morgan fingerprint density at radius 1 is 0.913 bits per heavy atom. The van der Waals surface area contributed by atoms with Crippen molar-refractivity contribution in [2.45, 2.75) is 77.4 Å². The highest BCUT2D eigenvalue weighted by atomic mass is 16.5. The topological polar surface area (TPSA) is 38.7 Å². The van der Waals surface area contributed by atoms with Gasteiger partial charge in [0.2, 0.25) is 0 Å². The predicted molar refractivity (Wildman–Crippen MR) is 96.0 cm³/mol. The van der Waals surface area contributed by atoms with E-state index in [1.54, 1.807) is 6.92 Å². The minimum atomic E-state index is -0.425. The average molecular weight is 322 g/mol. The van der Waals surface area contributed by atoms with Crippen molar-refractivity contribution in [2.75, 3.05) is 13.2 Å². The minimum absolute atomic E-state index is 0.0618. The summed E-state index contributed by atoms with van der Waals surface area (Å²) in [5.74, 6) is 0.890. The lowest BCUT2D eigenvalue weighted by molar-refractivity contribution is 0.00316. The molecule has 0 aliphatic rings. The lowest BCUT2D eigenvalue weighted by Gasteiger charge is -2.20.